The first-order valence-corrected chi connectivity index (χ1v) is 5.27. The number of hydrogen-bond donors (Lipinski definition) is 1. The fourth-order valence-electron chi connectivity index (χ4n) is 1.07. The standard InChI is InChI=1S/C9H14N2O2S/c1-7-6-14-8(10-7)5-11(2)4-3-9(12)13/h6H,3-5H2,1-2H3,(H,12,13). The summed E-state index contributed by atoms with van der Waals surface area (Å²) in [6, 6.07) is 0. The van der Waals surface area contributed by atoms with E-state index in [2.05, 4.69) is 4.98 Å². The number of rotatable bonds is 5. The lowest BCUT2D eigenvalue weighted by atomic mass is 10.4. The molecule has 1 aromatic heterocycles. The van der Waals surface area contributed by atoms with Crippen molar-refractivity contribution < 1.29 is 9.90 Å². The first kappa shape index (κ1) is 11.1. The number of hydrogen-bond acceptors (Lipinski definition) is 4. The molecule has 0 spiro atoms. The van der Waals surface area contributed by atoms with Crippen molar-refractivity contribution in [2.24, 2.45) is 0 Å². The molecule has 0 saturated heterocycles. The number of aliphatic carboxylic acids is 1. The van der Waals surface area contributed by atoms with Crippen LogP contribution in [0.3, 0.4) is 0 Å². The zero-order valence-corrected chi connectivity index (χ0v) is 9.17. The Morgan fingerprint density at radius 3 is 2.93 bits per heavy atom. The highest BCUT2D eigenvalue weighted by atomic mass is 32.1. The Balaban J connectivity index is 2.33. The molecular weight excluding hydrogens is 200 g/mol. The molecule has 0 aromatic carbocycles. The van der Waals surface area contributed by atoms with E-state index in [0.717, 1.165) is 17.2 Å². The fraction of sp³-hybridized carbons (Fsp3) is 0.556. The average molecular weight is 214 g/mol. The number of carboxylic acid groups (broad SMARTS) is 1. The summed E-state index contributed by atoms with van der Waals surface area (Å²) in [5.74, 6) is -0.757. The molecule has 1 rings (SSSR count). The summed E-state index contributed by atoms with van der Waals surface area (Å²) in [7, 11) is 1.90. The molecule has 0 amide bonds. The van der Waals surface area contributed by atoms with Crippen LogP contribution in [0.15, 0.2) is 5.38 Å². The third kappa shape index (κ3) is 3.85. The van der Waals surface area contributed by atoms with E-state index in [1.165, 1.54) is 0 Å². The highest BCUT2D eigenvalue weighted by Crippen LogP contribution is 2.10. The van der Waals surface area contributed by atoms with Crippen molar-refractivity contribution in [3.05, 3.63) is 16.1 Å². The maximum atomic E-state index is 10.3. The minimum Gasteiger partial charge on any atom is -0.481 e. The summed E-state index contributed by atoms with van der Waals surface area (Å²) < 4.78 is 0. The average Bonchev–Trinajstić information content (AvgIpc) is 2.48. The molecule has 0 radical (unpaired) electrons. The van der Waals surface area contributed by atoms with Crippen molar-refractivity contribution in [3.63, 3.8) is 0 Å². The summed E-state index contributed by atoms with van der Waals surface area (Å²) in [4.78, 5) is 16.6. The molecule has 78 valence electrons. The van der Waals surface area contributed by atoms with Gasteiger partial charge in [0.1, 0.15) is 5.01 Å². The van der Waals surface area contributed by atoms with Gasteiger partial charge in [-0.1, -0.05) is 0 Å². The summed E-state index contributed by atoms with van der Waals surface area (Å²) >= 11 is 1.61. The van der Waals surface area contributed by atoms with Crippen LogP contribution in [-0.2, 0) is 11.3 Å². The normalized spacial score (nSPS) is 10.8. The largest absolute Gasteiger partial charge is 0.481 e. The molecule has 1 aromatic rings. The monoisotopic (exact) mass is 214 g/mol. The topological polar surface area (TPSA) is 53.4 Å². The van der Waals surface area contributed by atoms with E-state index in [1.54, 1.807) is 11.3 Å². The second-order valence-electron chi connectivity index (χ2n) is 3.26. The molecule has 0 atom stereocenters. The molecule has 1 N–H and O–H groups in total. The van der Waals surface area contributed by atoms with Crippen molar-refractivity contribution >= 4 is 17.3 Å². The molecule has 5 heteroatoms. The van der Waals surface area contributed by atoms with E-state index in [9.17, 15) is 4.79 Å². The lowest BCUT2D eigenvalue weighted by molar-refractivity contribution is -0.137. The van der Waals surface area contributed by atoms with E-state index in [-0.39, 0.29) is 6.42 Å². The Morgan fingerprint density at radius 2 is 2.43 bits per heavy atom. The van der Waals surface area contributed by atoms with Crippen molar-refractivity contribution in [1.29, 1.82) is 0 Å². The second-order valence-corrected chi connectivity index (χ2v) is 4.21. The number of aryl methyl sites for hydroxylation is 1. The maximum absolute atomic E-state index is 10.3. The minimum absolute atomic E-state index is 0.181. The molecule has 0 aliphatic rings. The Kier molecular flexibility index (Phi) is 4.03. The first-order chi connectivity index (χ1) is 6.58. The van der Waals surface area contributed by atoms with Crippen molar-refractivity contribution in [1.82, 2.24) is 9.88 Å². The van der Waals surface area contributed by atoms with Gasteiger partial charge in [-0.3, -0.25) is 9.69 Å². The van der Waals surface area contributed by atoms with Crippen molar-refractivity contribution in [2.45, 2.75) is 19.9 Å². The van der Waals surface area contributed by atoms with Crippen LogP contribution >= 0.6 is 11.3 Å². The van der Waals surface area contributed by atoms with Crippen LogP contribution in [0, 0.1) is 6.92 Å². The van der Waals surface area contributed by atoms with Crippen LogP contribution in [0.2, 0.25) is 0 Å². The minimum atomic E-state index is -0.757. The lowest BCUT2D eigenvalue weighted by Gasteiger charge is -2.12. The van der Waals surface area contributed by atoms with Crippen molar-refractivity contribution in [3.8, 4) is 0 Å². The summed E-state index contributed by atoms with van der Waals surface area (Å²) in [6.45, 7) is 3.25. The lowest BCUT2D eigenvalue weighted by Crippen LogP contribution is -2.21. The summed E-state index contributed by atoms with van der Waals surface area (Å²) in [6.07, 6.45) is 0.181. The smallest absolute Gasteiger partial charge is 0.304 e. The van der Waals surface area contributed by atoms with E-state index in [1.807, 2.05) is 24.3 Å². The van der Waals surface area contributed by atoms with Gasteiger partial charge in [0.25, 0.3) is 0 Å². The zero-order chi connectivity index (χ0) is 10.6. The van der Waals surface area contributed by atoms with Gasteiger partial charge in [0, 0.05) is 17.6 Å². The van der Waals surface area contributed by atoms with Crippen LogP contribution in [0.4, 0.5) is 0 Å². The fourth-order valence-corrected chi connectivity index (χ4v) is 1.92. The number of nitrogens with zero attached hydrogens (tertiary/aromatic N) is 2. The second kappa shape index (κ2) is 5.07. The maximum Gasteiger partial charge on any atom is 0.304 e. The molecule has 0 fully saturated rings. The molecule has 1 heterocycles. The van der Waals surface area contributed by atoms with Gasteiger partial charge in [0.15, 0.2) is 0 Å². The van der Waals surface area contributed by atoms with Gasteiger partial charge >= 0.3 is 5.97 Å². The van der Waals surface area contributed by atoms with E-state index in [4.69, 9.17) is 5.11 Å². The predicted molar refractivity (Wildman–Crippen MR) is 55.4 cm³/mol. The van der Waals surface area contributed by atoms with Crippen LogP contribution < -0.4 is 0 Å². The Bertz CT molecular complexity index is 312. The van der Waals surface area contributed by atoms with Crippen LogP contribution in [0.25, 0.3) is 0 Å². The molecule has 0 aliphatic carbocycles. The van der Waals surface area contributed by atoms with Gasteiger partial charge in [-0.15, -0.1) is 11.3 Å². The highest BCUT2D eigenvalue weighted by Gasteiger charge is 2.05. The van der Waals surface area contributed by atoms with Gasteiger partial charge < -0.3 is 5.11 Å². The van der Waals surface area contributed by atoms with E-state index < -0.39 is 5.97 Å². The van der Waals surface area contributed by atoms with E-state index >= 15 is 0 Å². The van der Waals surface area contributed by atoms with Gasteiger partial charge in [0.2, 0.25) is 0 Å². The Morgan fingerprint density at radius 1 is 1.71 bits per heavy atom. The molecule has 0 aliphatic heterocycles. The molecule has 0 saturated carbocycles. The van der Waals surface area contributed by atoms with Gasteiger partial charge in [-0.2, -0.15) is 0 Å². The van der Waals surface area contributed by atoms with Crippen LogP contribution in [0.1, 0.15) is 17.1 Å². The zero-order valence-electron chi connectivity index (χ0n) is 8.36. The van der Waals surface area contributed by atoms with Crippen LogP contribution in [0.5, 0.6) is 0 Å². The molecule has 4 nitrogen and oxygen atoms in total. The van der Waals surface area contributed by atoms with Gasteiger partial charge in [0.05, 0.1) is 13.0 Å². The Labute approximate surface area is 87.2 Å². The summed E-state index contributed by atoms with van der Waals surface area (Å²) in [5.41, 5.74) is 1.02. The van der Waals surface area contributed by atoms with Gasteiger partial charge in [-0.05, 0) is 14.0 Å². The predicted octanol–water partition coefficient (Wildman–Crippen LogP) is 1.36. The third-order valence-electron chi connectivity index (χ3n) is 1.78. The molecular formula is C9H14N2O2S. The van der Waals surface area contributed by atoms with E-state index in [0.29, 0.717) is 6.54 Å². The summed E-state index contributed by atoms with van der Waals surface area (Å²) in [5, 5.41) is 11.5. The molecule has 14 heavy (non-hydrogen) atoms. The number of aromatic nitrogens is 1. The van der Waals surface area contributed by atoms with Gasteiger partial charge in [-0.25, -0.2) is 4.98 Å². The molecule has 0 bridgehead atoms. The third-order valence-corrected chi connectivity index (χ3v) is 2.73. The van der Waals surface area contributed by atoms with Crippen LogP contribution in [-0.4, -0.2) is 34.6 Å². The van der Waals surface area contributed by atoms with Crippen molar-refractivity contribution in [2.75, 3.05) is 13.6 Å². The highest BCUT2D eigenvalue weighted by molar-refractivity contribution is 7.09. The number of carboxylic acids is 1. The Hall–Kier alpha value is -0.940. The molecule has 0 unspecified atom stereocenters. The number of carbonyl (C=O) groups is 1. The SMILES string of the molecule is Cc1csc(CN(C)CCC(=O)O)n1. The quantitative estimate of drug-likeness (QED) is 0.804. The first-order valence-electron chi connectivity index (χ1n) is 4.39. The number of thiazole rings is 1.